The van der Waals surface area contributed by atoms with E-state index in [1.54, 1.807) is 0 Å². The molecule has 0 fully saturated rings. The lowest BCUT2D eigenvalue weighted by Gasteiger charge is -2.37. The maximum Gasteiger partial charge on any atom is 0.0989 e. The minimum absolute atomic E-state index is 0.0728. The van der Waals surface area contributed by atoms with Crippen LogP contribution in [0.25, 0.3) is 44.3 Å². The first-order chi connectivity index (χ1) is 23.2. The van der Waals surface area contributed by atoms with Crippen molar-refractivity contribution >= 4 is 33.2 Å². The molecule has 2 unspecified atom stereocenters. The predicted molar refractivity (Wildman–Crippen MR) is 194 cm³/mol. The molecule has 3 atom stereocenters. The fourth-order valence-electron chi connectivity index (χ4n) is 7.53. The van der Waals surface area contributed by atoms with Crippen molar-refractivity contribution in [2.45, 2.75) is 32.2 Å². The van der Waals surface area contributed by atoms with E-state index in [2.05, 4.69) is 134 Å². The van der Waals surface area contributed by atoms with Crippen molar-refractivity contribution in [2.24, 2.45) is 21.8 Å². The van der Waals surface area contributed by atoms with E-state index in [0.29, 0.717) is 11.8 Å². The summed E-state index contributed by atoms with van der Waals surface area (Å²) < 4.78 is 0. The summed E-state index contributed by atoms with van der Waals surface area (Å²) >= 11 is 0. The summed E-state index contributed by atoms with van der Waals surface area (Å²) in [5.41, 5.74) is 13.1. The number of benzene rings is 4. The SMILES string of the molecule is C[C@@H]1CC(c2cccc(-c3ccc4ccc5ccc(-c6ccccc6)nc5c4n3)c2)=NC2=C1CCC1C=CC(c3ccccc3)=NC21. The molecular weight excluding hydrogens is 573 g/mol. The van der Waals surface area contributed by atoms with Crippen molar-refractivity contribution in [3.8, 4) is 22.5 Å². The van der Waals surface area contributed by atoms with Gasteiger partial charge in [-0.3, -0.25) is 9.98 Å². The number of hydrogen-bond donors (Lipinski definition) is 0. The van der Waals surface area contributed by atoms with E-state index in [0.717, 1.165) is 86.1 Å². The predicted octanol–water partition coefficient (Wildman–Crippen LogP) is 10.0. The average Bonchev–Trinajstić information content (AvgIpc) is 3.14. The smallest absolute Gasteiger partial charge is 0.0989 e. The number of rotatable bonds is 4. The van der Waals surface area contributed by atoms with Crippen molar-refractivity contribution in [3.63, 3.8) is 0 Å². The summed E-state index contributed by atoms with van der Waals surface area (Å²) in [6, 6.07) is 42.5. The Labute approximate surface area is 275 Å². The van der Waals surface area contributed by atoms with Gasteiger partial charge in [-0.1, -0.05) is 116 Å². The summed E-state index contributed by atoms with van der Waals surface area (Å²) in [5.74, 6) is 0.842. The first-order valence-electron chi connectivity index (χ1n) is 16.7. The zero-order valence-corrected chi connectivity index (χ0v) is 26.3. The molecule has 0 saturated heterocycles. The van der Waals surface area contributed by atoms with E-state index >= 15 is 0 Å². The molecule has 4 heteroatoms. The third-order valence-electron chi connectivity index (χ3n) is 10.0. The molecule has 0 amide bonds. The molecule has 4 aromatic carbocycles. The Kier molecular flexibility index (Phi) is 6.74. The number of aliphatic imine (C=N–C) groups is 2. The highest BCUT2D eigenvalue weighted by Gasteiger charge is 2.36. The van der Waals surface area contributed by atoms with Gasteiger partial charge >= 0.3 is 0 Å². The standard InChI is InChI=1S/C43H34N4/c1-27-25-39(47-43-35(27)21-17-32-19-23-37(45-42(32)43)29-11-6-3-7-12-29)34-14-8-13-33(26-34)38-24-20-31-16-15-30-18-22-36(28-9-4-2-5-10-28)44-40(30)41(31)46-38/h2-16,18-20,22-24,26-27,32,42H,17,21,25H2,1H3/t27-,32?,42?/m1/s1. The number of fused-ring (bicyclic) bond motifs is 5. The normalized spacial score (nSPS) is 20.5. The van der Waals surface area contributed by atoms with Gasteiger partial charge in [-0.05, 0) is 66.2 Å². The van der Waals surface area contributed by atoms with Gasteiger partial charge in [0.25, 0.3) is 0 Å². The Bertz CT molecular complexity index is 2300. The molecule has 2 aliphatic heterocycles. The Balaban J connectivity index is 1.09. The van der Waals surface area contributed by atoms with Gasteiger partial charge in [0.2, 0.25) is 0 Å². The van der Waals surface area contributed by atoms with Crippen LogP contribution in [0.3, 0.4) is 0 Å². The topological polar surface area (TPSA) is 50.5 Å². The number of aromatic nitrogens is 2. The van der Waals surface area contributed by atoms with E-state index in [-0.39, 0.29) is 6.04 Å². The maximum absolute atomic E-state index is 5.43. The fourth-order valence-corrected chi connectivity index (χ4v) is 7.53. The minimum Gasteiger partial charge on any atom is -0.274 e. The Morgan fingerprint density at radius 3 is 1.96 bits per heavy atom. The van der Waals surface area contributed by atoms with Crippen molar-refractivity contribution in [2.75, 3.05) is 0 Å². The molecule has 4 heterocycles. The first kappa shape index (κ1) is 27.8. The van der Waals surface area contributed by atoms with Gasteiger partial charge in [0.05, 0.1) is 39.9 Å². The Hall–Kier alpha value is -5.48. The van der Waals surface area contributed by atoms with Crippen LogP contribution in [-0.4, -0.2) is 27.4 Å². The summed E-state index contributed by atoms with van der Waals surface area (Å²) in [7, 11) is 0. The number of dihydropyridines is 1. The van der Waals surface area contributed by atoms with E-state index in [1.807, 2.05) is 6.07 Å². The quantitative estimate of drug-likeness (QED) is 0.188. The van der Waals surface area contributed by atoms with E-state index < -0.39 is 0 Å². The number of nitrogens with zero attached hydrogens (tertiary/aromatic N) is 4. The molecule has 0 N–H and O–H groups in total. The molecule has 0 saturated carbocycles. The van der Waals surface area contributed by atoms with Crippen LogP contribution in [0.5, 0.6) is 0 Å². The average molecular weight is 607 g/mol. The lowest BCUT2D eigenvalue weighted by molar-refractivity contribution is 0.444. The summed E-state index contributed by atoms with van der Waals surface area (Å²) in [6.45, 7) is 2.36. The summed E-state index contributed by atoms with van der Waals surface area (Å²) in [5, 5.41) is 2.18. The van der Waals surface area contributed by atoms with Crippen LogP contribution in [0.2, 0.25) is 0 Å². The van der Waals surface area contributed by atoms with Crippen LogP contribution < -0.4 is 0 Å². The van der Waals surface area contributed by atoms with Crippen LogP contribution in [0.4, 0.5) is 0 Å². The fraction of sp³-hybridized carbons (Fsp3) is 0.163. The van der Waals surface area contributed by atoms with Crippen LogP contribution in [0, 0.1) is 11.8 Å². The highest BCUT2D eigenvalue weighted by atomic mass is 14.9. The number of hydrogen-bond acceptors (Lipinski definition) is 4. The van der Waals surface area contributed by atoms with Crippen molar-refractivity contribution in [3.05, 3.63) is 156 Å². The largest absolute Gasteiger partial charge is 0.274 e. The second-order valence-electron chi connectivity index (χ2n) is 13.0. The summed E-state index contributed by atoms with van der Waals surface area (Å²) in [4.78, 5) is 21.1. The molecule has 9 rings (SSSR count). The second-order valence-corrected chi connectivity index (χ2v) is 13.0. The molecule has 4 nitrogen and oxygen atoms in total. The van der Waals surface area contributed by atoms with Crippen molar-refractivity contribution in [1.29, 1.82) is 0 Å². The first-order valence-corrected chi connectivity index (χ1v) is 16.7. The van der Waals surface area contributed by atoms with E-state index in [9.17, 15) is 0 Å². The number of pyridine rings is 2. The van der Waals surface area contributed by atoms with Gasteiger partial charge < -0.3 is 0 Å². The number of allylic oxidation sites excluding steroid dienone is 2. The molecule has 3 aliphatic rings. The Morgan fingerprint density at radius 1 is 0.617 bits per heavy atom. The molecule has 0 spiro atoms. The zero-order chi connectivity index (χ0) is 31.3. The minimum atomic E-state index is 0.0728. The van der Waals surface area contributed by atoms with Crippen LogP contribution in [-0.2, 0) is 0 Å². The molecule has 6 aromatic rings. The highest BCUT2D eigenvalue weighted by molar-refractivity contribution is 6.09. The molecule has 1 aliphatic carbocycles. The van der Waals surface area contributed by atoms with Gasteiger partial charge in [0, 0.05) is 33.5 Å². The van der Waals surface area contributed by atoms with Gasteiger partial charge in [0.1, 0.15) is 0 Å². The summed E-state index contributed by atoms with van der Waals surface area (Å²) in [6.07, 6.45) is 7.75. The lowest BCUT2D eigenvalue weighted by Crippen LogP contribution is -2.32. The highest BCUT2D eigenvalue weighted by Crippen LogP contribution is 2.43. The monoisotopic (exact) mass is 606 g/mol. The van der Waals surface area contributed by atoms with Crippen LogP contribution in [0.15, 0.2) is 155 Å². The molecule has 226 valence electrons. The van der Waals surface area contributed by atoms with Gasteiger partial charge in [-0.2, -0.15) is 0 Å². The van der Waals surface area contributed by atoms with E-state index in [1.165, 1.54) is 11.3 Å². The molecule has 47 heavy (non-hydrogen) atoms. The molecule has 0 bridgehead atoms. The molecule has 0 radical (unpaired) electrons. The second kappa shape index (κ2) is 11.4. The van der Waals surface area contributed by atoms with Gasteiger partial charge in [-0.15, -0.1) is 0 Å². The van der Waals surface area contributed by atoms with Gasteiger partial charge in [0.15, 0.2) is 0 Å². The molecule has 2 aromatic heterocycles. The lowest BCUT2D eigenvalue weighted by atomic mass is 9.75. The third kappa shape index (κ3) is 5.01. The van der Waals surface area contributed by atoms with Crippen molar-refractivity contribution < 1.29 is 0 Å². The third-order valence-corrected chi connectivity index (χ3v) is 10.0. The van der Waals surface area contributed by atoms with Crippen LogP contribution >= 0.6 is 0 Å². The van der Waals surface area contributed by atoms with Crippen LogP contribution in [0.1, 0.15) is 37.3 Å². The van der Waals surface area contributed by atoms with Crippen molar-refractivity contribution in [1.82, 2.24) is 9.97 Å². The molecular formula is C43H34N4. The zero-order valence-electron chi connectivity index (χ0n) is 26.3. The maximum atomic E-state index is 5.43. The Morgan fingerprint density at radius 2 is 1.23 bits per heavy atom. The van der Waals surface area contributed by atoms with Gasteiger partial charge in [-0.25, -0.2) is 9.97 Å². The van der Waals surface area contributed by atoms with E-state index in [4.69, 9.17) is 20.0 Å².